The lowest BCUT2D eigenvalue weighted by Gasteiger charge is -2.09. The predicted molar refractivity (Wildman–Crippen MR) is 85.5 cm³/mol. The highest BCUT2D eigenvalue weighted by Gasteiger charge is 2.10. The van der Waals surface area contributed by atoms with Crippen LogP contribution in [0.25, 0.3) is 0 Å². The molecule has 0 heterocycles. The minimum atomic E-state index is -3.30. The van der Waals surface area contributed by atoms with Gasteiger partial charge in [0, 0.05) is 0 Å². The first-order valence-electron chi connectivity index (χ1n) is 8.00. The minimum absolute atomic E-state index is 0.171. The van der Waals surface area contributed by atoms with E-state index in [2.05, 4.69) is 6.92 Å². The molecule has 0 aromatic carbocycles. The van der Waals surface area contributed by atoms with Crippen LogP contribution in [0.3, 0.4) is 0 Å². The summed E-state index contributed by atoms with van der Waals surface area (Å²) in [5.41, 5.74) is 0. The van der Waals surface area contributed by atoms with E-state index < -0.39 is 10.1 Å². The minimum Gasteiger partial charge on any atom is -0.309 e. The average Bonchev–Trinajstić information content (AvgIpc) is 2.38. The maximum Gasteiger partial charge on any atom is 0.267 e. The molecule has 122 valence electrons. The van der Waals surface area contributed by atoms with Gasteiger partial charge in [0.1, 0.15) is 0 Å². The van der Waals surface area contributed by atoms with Gasteiger partial charge in [-0.05, 0) is 33.5 Å². The van der Waals surface area contributed by atoms with Crippen LogP contribution in [0.15, 0.2) is 0 Å². The van der Waals surface area contributed by atoms with Gasteiger partial charge in [0.15, 0.2) is 0 Å². The van der Waals surface area contributed by atoms with Gasteiger partial charge in [0.2, 0.25) is 0 Å². The Morgan fingerprint density at radius 1 is 0.850 bits per heavy atom. The Morgan fingerprint density at radius 3 is 1.95 bits per heavy atom. The van der Waals surface area contributed by atoms with E-state index in [1.807, 2.05) is 19.0 Å². The average molecular weight is 308 g/mol. The van der Waals surface area contributed by atoms with Crippen LogP contribution in [0.4, 0.5) is 0 Å². The third-order valence-corrected chi connectivity index (χ3v) is 4.57. The lowest BCUT2D eigenvalue weighted by Crippen LogP contribution is -2.17. The zero-order valence-corrected chi connectivity index (χ0v) is 14.4. The maximum absolute atomic E-state index is 11.6. The monoisotopic (exact) mass is 307 g/mol. The molecule has 5 heteroatoms. The van der Waals surface area contributed by atoms with Crippen LogP contribution in [-0.2, 0) is 14.3 Å². The molecule has 0 rings (SSSR count). The van der Waals surface area contributed by atoms with Crippen molar-refractivity contribution in [2.45, 2.75) is 64.7 Å². The molecule has 0 saturated carbocycles. The summed E-state index contributed by atoms with van der Waals surface area (Å²) in [6.45, 7) is 3.37. The molecule has 0 aromatic heterocycles. The van der Waals surface area contributed by atoms with Crippen molar-refractivity contribution < 1.29 is 12.6 Å². The van der Waals surface area contributed by atoms with Crippen LogP contribution in [0.2, 0.25) is 0 Å². The molecule has 0 saturated heterocycles. The lowest BCUT2D eigenvalue weighted by molar-refractivity contribution is 0.284. The second-order valence-electron chi connectivity index (χ2n) is 5.72. The van der Waals surface area contributed by atoms with Crippen LogP contribution in [0.1, 0.15) is 64.7 Å². The fraction of sp³-hybridized carbons (Fsp3) is 1.00. The van der Waals surface area contributed by atoms with Crippen LogP contribution < -0.4 is 0 Å². The van der Waals surface area contributed by atoms with Gasteiger partial charge in [-0.15, -0.1) is 0 Å². The molecule has 0 aliphatic heterocycles. The molecule has 0 radical (unpaired) electrons. The van der Waals surface area contributed by atoms with E-state index in [9.17, 15) is 8.42 Å². The normalized spacial score (nSPS) is 12.2. The van der Waals surface area contributed by atoms with Crippen LogP contribution in [0, 0.1) is 0 Å². The Morgan fingerprint density at radius 2 is 1.40 bits per heavy atom. The van der Waals surface area contributed by atoms with Crippen molar-refractivity contribution in [1.82, 2.24) is 4.90 Å². The number of unbranched alkanes of at least 4 members (excludes halogenated alkanes) is 7. The Hall–Kier alpha value is -0.130. The molecule has 0 spiro atoms. The lowest BCUT2D eigenvalue weighted by atomic mass is 10.1. The van der Waals surface area contributed by atoms with Gasteiger partial charge in [-0.1, -0.05) is 51.9 Å². The van der Waals surface area contributed by atoms with Crippen molar-refractivity contribution in [3.63, 3.8) is 0 Å². The van der Waals surface area contributed by atoms with Gasteiger partial charge in [-0.3, -0.25) is 4.18 Å². The highest BCUT2D eigenvalue weighted by Crippen LogP contribution is 2.09. The Balaban J connectivity index is 3.43. The van der Waals surface area contributed by atoms with Crippen molar-refractivity contribution in [1.29, 1.82) is 0 Å². The summed E-state index contributed by atoms with van der Waals surface area (Å²) in [5, 5.41) is 0. The third kappa shape index (κ3) is 14.3. The van der Waals surface area contributed by atoms with E-state index in [4.69, 9.17) is 4.18 Å². The Labute approximate surface area is 126 Å². The standard InChI is InChI=1S/C15H33NO3S/c1-4-5-6-7-8-9-10-11-15-20(17,18)19-14-12-13-16(2)3/h4-15H2,1-3H3. The summed E-state index contributed by atoms with van der Waals surface area (Å²) < 4.78 is 28.2. The molecule has 20 heavy (non-hydrogen) atoms. The van der Waals surface area contributed by atoms with Crippen LogP contribution in [-0.4, -0.2) is 46.3 Å². The smallest absolute Gasteiger partial charge is 0.267 e. The Kier molecular flexibility index (Phi) is 12.5. The fourth-order valence-electron chi connectivity index (χ4n) is 2.04. The second kappa shape index (κ2) is 12.6. The van der Waals surface area contributed by atoms with Crippen molar-refractivity contribution >= 4 is 10.1 Å². The van der Waals surface area contributed by atoms with Gasteiger partial charge in [0.05, 0.1) is 12.4 Å². The molecule has 0 N–H and O–H groups in total. The Bertz CT molecular complexity index is 302. The molecule has 0 aromatic rings. The van der Waals surface area contributed by atoms with Crippen molar-refractivity contribution in [2.24, 2.45) is 0 Å². The summed E-state index contributed by atoms with van der Waals surface area (Å²) in [4.78, 5) is 2.02. The number of hydrogen-bond donors (Lipinski definition) is 0. The predicted octanol–water partition coefficient (Wildman–Crippen LogP) is 3.43. The SMILES string of the molecule is CCCCCCCCCCS(=O)(=O)OCCCN(C)C. The van der Waals surface area contributed by atoms with Crippen molar-refractivity contribution in [3.8, 4) is 0 Å². The highest BCUT2D eigenvalue weighted by molar-refractivity contribution is 7.86. The zero-order chi connectivity index (χ0) is 15.3. The van der Waals surface area contributed by atoms with Gasteiger partial charge in [-0.25, -0.2) is 0 Å². The topological polar surface area (TPSA) is 46.6 Å². The van der Waals surface area contributed by atoms with E-state index in [1.54, 1.807) is 0 Å². The van der Waals surface area contributed by atoms with Gasteiger partial charge in [-0.2, -0.15) is 8.42 Å². The summed E-state index contributed by atoms with van der Waals surface area (Å²) in [6, 6.07) is 0. The zero-order valence-electron chi connectivity index (χ0n) is 13.6. The van der Waals surface area contributed by atoms with Gasteiger partial charge >= 0.3 is 0 Å². The first-order valence-corrected chi connectivity index (χ1v) is 9.57. The van der Waals surface area contributed by atoms with Crippen LogP contribution >= 0.6 is 0 Å². The summed E-state index contributed by atoms with van der Waals surface area (Å²) >= 11 is 0. The molecule has 0 bridgehead atoms. The third-order valence-electron chi connectivity index (χ3n) is 3.26. The molecular weight excluding hydrogens is 274 g/mol. The van der Waals surface area contributed by atoms with E-state index in [-0.39, 0.29) is 5.75 Å². The quantitative estimate of drug-likeness (QED) is 0.364. The molecule has 0 unspecified atom stereocenters. The van der Waals surface area contributed by atoms with Gasteiger partial charge in [0.25, 0.3) is 10.1 Å². The summed E-state index contributed by atoms with van der Waals surface area (Å²) in [6.07, 6.45) is 10.0. The molecule has 0 aliphatic carbocycles. The van der Waals surface area contributed by atoms with E-state index in [0.717, 1.165) is 32.2 Å². The van der Waals surface area contributed by atoms with E-state index >= 15 is 0 Å². The number of rotatable bonds is 14. The molecule has 0 amide bonds. The number of hydrogen-bond acceptors (Lipinski definition) is 4. The van der Waals surface area contributed by atoms with Crippen molar-refractivity contribution in [2.75, 3.05) is 33.0 Å². The summed E-state index contributed by atoms with van der Waals surface area (Å²) in [5.74, 6) is 0.171. The molecule has 0 aliphatic rings. The second-order valence-corrected chi connectivity index (χ2v) is 7.47. The molecule has 4 nitrogen and oxygen atoms in total. The maximum atomic E-state index is 11.6. The van der Waals surface area contributed by atoms with Gasteiger partial charge < -0.3 is 4.90 Å². The fourth-order valence-corrected chi connectivity index (χ4v) is 3.09. The molecular formula is C15H33NO3S. The first kappa shape index (κ1) is 19.9. The summed E-state index contributed by atoms with van der Waals surface area (Å²) in [7, 11) is 0.635. The number of nitrogens with zero attached hydrogens (tertiary/aromatic N) is 1. The van der Waals surface area contributed by atoms with Crippen LogP contribution in [0.5, 0.6) is 0 Å². The molecule has 0 atom stereocenters. The van der Waals surface area contributed by atoms with E-state index in [0.29, 0.717) is 6.61 Å². The van der Waals surface area contributed by atoms with Crippen molar-refractivity contribution in [3.05, 3.63) is 0 Å². The molecule has 0 fully saturated rings. The first-order chi connectivity index (χ1) is 9.48. The van der Waals surface area contributed by atoms with E-state index in [1.165, 1.54) is 32.1 Å². The highest BCUT2D eigenvalue weighted by atomic mass is 32.2. The largest absolute Gasteiger partial charge is 0.309 e.